The molecule has 0 radical (unpaired) electrons. The molecule has 6 nitrogen and oxygen atoms in total. The molecule has 4 rings (SSSR count). The number of ether oxygens (including phenoxy) is 1. The molecule has 1 heterocycles. The van der Waals surface area contributed by atoms with Crippen LogP contribution in [0.4, 0.5) is 0 Å². The van der Waals surface area contributed by atoms with Crippen molar-refractivity contribution in [2.24, 2.45) is 0 Å². The highest BCUT2D eigenvalue weighted by Gasteiger charge is 2.21. The van der Waals surface area contributed by atoms with E-state index in [1.807, 2.05) is 66.7 Å². The number of rotatable bonds is 5. The number of nitrogens with one attached hydrogen (secondary N) is 1. The molecule has 27 heavy (non-hydrogen) atoms. The summed E-state index contributed by atoms with van der Waals surface area (Å²) in [6, 6.07) is 24.3. The predicted molar refractivity (Wildman–Crippen MR) is 103 cm³/mol. The summed E-state index contributed by atoms with van der Waals surface area (Å²) in [4.78, 5) is 12.8. The van der Waals surface area contributed by atoms with Crippen molar-refractivity contribution in [3.05, 3.63) is 90.0 Å². The number of nitrogens with zero attached hydrogens (tertiary/aromatic N) is 3. The number of hydrogen-bond donors (Lipinski definition) is 1. The molecule has 134 valence electrons. The Labute approximate surface area is 156 Å². The molecule has 0 spiro atoms. The summed E-state index contributed by atoms with van der Waals surface area (Å²) in [7, 11) is 1.62. The lowest BCUT2D eigenvalue weighted by atomic mass is 10.1. The minimum absolute atomic E-state index is 0.184. The number of amides is 1. The highest BCUT2D eigenvalue weighted by Crippen LogP contribution is 2.23. The second-order valence-electron chi connectivity index (χ2n) is 6.04. The Bertz CT molecular complexity index is 1060. The van der Waals surface area contributed by atoms with Gasteiger partial charge in [0.15, 0.2) is 6.17 Å². The molecule has 0 aliphatic rings. The molecule has 1 aromatic heterocycles. The minimum atomic E-state index is -0.504. The zero-order valence-corrected chi connectivity index (χ0v) is 14.7. The van der Waals surface area contributed by atoms with Crippen LogP contribution < -0.4 is 10.1 Å². The molecule has 4 aromatic rings. The van der Waals surface area contributed by atoms with Gasteiger partial charge in [0, 0.05) is 5.56 Å². The zero-order chi connectivity index (χ0) is 18.6. The van der Waals surface area contributed by atoms with Gasteiger partial charge in [-0.15, -0.1) is 5.10 Å². The van der Waals surface area contributed by atoms with Gasteiger partial charge in [-0.05, 0) is 42.0 Å². The third-order valence-electron chi connectivity index (χ3n) is 4.36. The van der Waals surface area contributed by atoms with Crippen molar-refractivity contribution in [3.8, 4) is 5.75 Å². The number of hydrogen-bond acceptors (Lipinski definition) is 4. The molecule has 0 aliphatic carbocycles. The maximum absolute atomic E-state index is 12.8. The van der Waals surface area contributed by atoms with Gasteiger partial charge in [-0.25, -0.2) is 4.68 Å². The zero-order valence-electron chi connectivity index (χ0n) is 14.7. The van der Waals surface area contributed by atoms with Crippen molar-refractivity contribution >= 4 is 16.9 Å². The van der Waals surface area contributed by atoms with Gasteiger partial charge in [-0.2, -0.15) is 0 Å². The van der Waals surface area contributed by atoms with E-state index in [1.54, 1.807) is 23.9 Å². The summed E-state index contributed by atoms with van der Waals surface area (Å²) < 4.78 is 6.96. The standard InChI is InChI=1S/C21H18N4O2/c1-27-17-13-11-15(12-14-17)20(22-21(26)16-7-3-2-4-8-16)25-19-10-6-5-9-18(19)23-24-25/h2-14,20H,1H3,(H,22,26)/t20-/m0/s1. The van der Waals surface area contributed by atoms with E-state index >= 15 is 0 Å². The van der Waals surface area contributed by atoms with Crippen molar-refractivity contribution in [1.82, 2.24) is 20.3 Å². The smallest absolute Gasteiger partial charge is 0.253 e. The molecule has 0 unspecified atom stereocenters. The van der Waals surface area contributed by atoms with Crippen LogP contribution in [0.1, 0.15) is 22.1 Å². The molecule has 3 aromatic carbocycles. The third-order valence-corrected chi connectivity index (χ3v) is 4.36. The van der Waals surface area contributed by atoms with E-state index < -0.39 is 6.17 Å². The fraction of sp³-hybridized carbons (Fsp3) is 0.0952. The molecule has 1 amide bonds. The Hall–Kier alpha value is -3.67. The van der Waals surface area contributed by atoms with Gasteiger partial charge in [-0.3, -0.25) is 4.79 Å². The van der Waals surface area contributed by atoms with Crippen molar-refractivity contribution < 1.29 is 9.53 Å². The first-order chi connectivity index (χ1) is 13.3. The highest BCUT2D eigenvalue weighted by molar-refractivity contribution is 5.94. The third kappa shape index (κ3) is 3.37. The molecule has 1 N–H and O–H groups in total. The van der Waals surface area contributed by atoms with Crippen molar-refractivity contribution in [1.29, 1.82) is 0 Å². The van der Waals surface area contributed by atoms with E-state index in [9.17, 15) is 4.79 Å². The molecule has 0 saturated carbocycles. The predicted octanol–water partition coefficient (Wildman–Crippen LogP) is 3.42. The van der Waals surface area contributed by atoms with Crippen LogP contribution in [-0.2, 0) is 0 Å². The van der Waals surface area contributed by atoms with E-state index in [0.717, 1.165) is 22.3 Å². The van der Waals surface area contributed by atoms with E-state index in [2.05, 4.69) is 15.6 Å². The first kappa shape index (κ1) is 16.8. The Morgan fingerprint density at radius 2 is 1.67 bits per heavy atom. The van der Waals surface area contributed by atoms with E-state index in [1.165, 1.54) is 0 Å². The van der Waals surface area contributed by atoms with E-state index in [-0.39, 0.29) is 5.91 Å². The lowest BCUT2D eigenvalue weighted by Crippen LogP contribution is -2.33. The second-order valence-corrected chi connectivity index (χ2v) is 6.04. The van der Waals surface area contributed by atoms with Gasteiger partial charge >= 0.3 is 0 Å². The normalized spacial score (nSPS) is 11.9. The van der Waals surface area contributed by atoms with Crippen LogP contribution in [0.25, 0.3) is 11.0 Å². The largest absolute Gasteiger partial charge is 0.497 e. The van der Waals surface area contributed by atoms with Crippen LogP contribution in [0.2, 0.25) is 0 Å². The second kappa shape index (κ2) is 7.29. The molecule has 6 heteroatoms. The summed E-state index contributed by atoms with van der Waals surface area (Å²) in [6.45, 7) is 0. The van der Waals surface area contributed by atoms with Crippen LogP contribution in [-0.4, -0.2) is 28.0 Å². The molecule has 0 saturated heterocycles. The summed E-state index contributed by atoms with van der Waals surface area (Å²) in [5.74, 6) is 0.561. The Morgan fingerprint density at radius 3 is 2.41 bits per heavy atom. The van der Waals surface area contributed by atoms with Gasteiger partial charge < -0.3 is 10.1 Å². The molecule has 1 atom stereocenters. The molecule has 0 bridgehead atoms. The van der Waals surface area contributed by atoms with Crippen molar-refractivity contribution in [2.75, 3.05) is 7.11 Å². The molecule has 0 fully saturated rings. The van der Waals surface area contributed by atoms with Crippen molar-refractivity contribution in [2.45, 2.75) is 6.17 Å². The maximum Gasteiger partial charge on any atom is 0.253 e. The highest BCUT2D eigenvalue weighted by atomic mass is 16.5. The van der Waals surface area contributed by atoms with Gasteiger partial charge in [-0.1, -0.05) is 47.7 Å². The first-order valence-corrected chi connectivity index (χ1v) is 8.56. The maximum atomic E-state index is 12.8. The summed E-state index contributed by atoms with van der Waals surface area (Å²) >= 11 is 0. The summed E-state index contributed by atoms with van der Waals surface area (Å²) in [6.07, 6.45) is -0.504. The SMILES string of the molecule is COc1ccc([C@@H](NC(=O)c2ccccc2)n2nnc3ccccc32)cc1. The monoisotopic (exact) mass is 358 g/mol. The van der Waals surface area contributed by atoms with Crippen LogP contribution in [0, 0.1) is 0 Å². The number of benzene rings is 3. The van der Waals surface area contributed by atoms with Crippen LogP contribution in [0.15, 0.2) is 78.9 Å². The van der Waals surface area contributed by atoms with Gasteiger partial charge in [0.1, 0.15) is 11.3 Å². The number of para-hydroxylation sites is 1. The lowest BCUT2D eigenvalue weighted by molar-refractivity contribution is 0.0927. The van der Waals surface area contributed by atoms with Crippen LogP contribution in [0.3, 0.4) is 0 Å². The van der Waals surface area contributed by atoms with Crippen LogP contribution in [0.5, 0.6) is 5.75 Å². The first-order valence-electron chi connectivity index (χ1n) is 8.56. The Balaban J connectivity index is 1.76. The average molecular weight is 358 g/mol. The molecular formula is C21H18N4O2. The fourth-order valence-electron chi connectivity index (χ4n) is 2.95. The topological polar surface area (TPSA) is 69.0 Å². The molecular weight excluding hydrogens is 340 g/mol. The number of fused-ring (bicyclic) bond motifs is 1. The Morgan fingerprint density at radius 1 is 0.963 bits per heavy atom. The Kier molecular flexibility index (Phi) is 4.53. The van der Waals surface area contributed by atoms with Gasteiger partial charge in [0.2, 0.25) is 0 Å². The van der Waals surface area contributed by atoms with Crippen LogP contribution >= 0.6 is 0 Å². The average Bonchev–Trinajstić information content (AvgIpc) is 3.16. The van der Waals surface area contributed by atoms with E-state index in [4.69, 9.17) is 4.74 Å². The van der Waals surface area contributed by atoms with E-state index in [0.29, 0.717) is 5.56 Å². The van der Waals surface area contributed by atoms with Crippen molar-refractivity contribution in [3.63, 3.8) is 0 Å². The number of aromatic nitrogens is 3. The van der Waals surface area contributed by atoms with Gasteiger partial charge in [0.05, 0.1) is 12.6 Å². The fourth-order valence-corrected chi connectivity index (χ4v) is 2.95. The summed E-state index contributed by atoms with van der Waals surface area (Å²) in [5, 5.41) is 11.6. The number of carbonyl (C=O) groups is 1. The lowest BCUT2D eigenvalue weighted by Gasteiger charge is -2.20. The number of methoxy groups -OCH3 is 1. The quantitative estimate of drug-likeness (QED) is 0.593. The minimum Gasteiger partial charge on any atom is -0.497 e. The molecule has 0 aliphatic heterocycles. The summed E-state index contributed by atoms with van der Waals surface area (Å²) in [5.41, 5.74) is 3.06. The van der Waals surface area contributed by atoms with Gasteiger partial charge in [0.25, 0.3) is 5.91 Å². The number of carbonyl (C=O) groups excluding carboxylic acids is 1.